The molecule has 0 aliphatic heterocycles. The van der Waals surface area contributed by atoms with Gasteiger partial charge in [-0.25, -0.2) is 4.98 Å². The molecule has 0 amide bonds. The maximum Gasteiger partial charge on any atom is 0.144 e. The highest BCUT2D eigenvalue weighted by Gasteiger charge is 2.08. The average molecular weight is 266 g/mol. The van der Waals surface area contributed by atoms with Crippen molar-refractivity contribution in [2.45, 2.75) is 0 Å². The molecule has 5 heteroatoms. The van der Waals surface area contributed by atoms with E-state index >= 15 is 0 Å². The van der Waals surface area contributed by atoms with Crippen LogP contribution in [0.25, 0.3) is 17.1 Å². The van der Waals surface area contributed by atoms with E-state index in [1.54, 1.807) is 25.7 Å². The zero-order valence-corrected chi connectivity index (χ0v) is 11.0. The van der Waals surface area contributed by atoms with Crippen molar-refractivity contribution in [1.82, 2.24) is 14.5 Å². The van der Waals surface area contributed by atoms with Gasteiger partial charge in [-0.05, 0) is 24.3 Å². The number of imidazole rings is 1. The minimum Gasteiger partial charge on any atom is -0.495 e. The van der Waals surface area contributed by atoms with Crippen LogP contribution in [-0.2, 0) is 0 Å². The van der Waals surface area contributed by atoms with Crippen LogP contribution < -0.4 is 10.5 Å². The van der Waals surface area contributed by atoms with Gasteiger partial charge in [0.25, 0.3) is 0 Å². The SMILES string of the molecule is COc1cncc(-n2ccnc2-c2ccc(N)cc2)c1. The summed E-state index contributed by atoms with van der Waals surface area (Å²) in [5.74, 6) is 1.54. The number of aromatic nitrogens is 3. The van der Waals surface area contributed by atoms with Gasteiger partial charge in [0.15, 0.2) is 0 Å². The van der Waals surface area contributed by atoms with Crippen LogP contribution in [0.1, 0.15) is 0 Å². The molecule has 0 spiro atoms. The van der Waals surface area contributed by atoms with Crippen LogP contribution in [0.3, 0.4) is 0 Å². The van der Waals surface area contributed by atoms with Crippen molar-refractivity contribution in [2.24, 2.45) is 0 Å². The zero-order valence-electron chi connectivity index (χ0n) is 11.0. The van der Waals surface area contributed by atoms with E-state index in [9.17, 15) is 0 Å². The summed E-state index contributed by atoms with van der Waals surface area (Å²) in [5, 5.41) is 0. The van der Waals surface area contributed by atoms with Gasteiger partial charge in [0.2, 0.25) is 0 Å². The normalized spacial score (nSPS) is 10.4. The molecular weight excluding hydrogens is 252 g/mol. The molecule has 5 nitrogen and oxygen atoms in total. The molecule has 2 N–H and O–H groups in total. The van der Waals surface area contributed by atoms with Gasteiger partial charge in [-0.2, -0.15) is 0 Å². The van der Waals surface area contributed by atoms with Gasteiger partial charge in [-0.1, -0.05) is 0 Å². The molecule has 1 aromatic carbocycles. The summed E-state index contributed by atoms with van der Waals surface area (Å²) in [6.07, 6.45) is 7.08. The van der Waals surface area contributed by atoms with Gasteiger partial charge < -0.3 is 10.5 Å². The Hall–Kier alpha value is -2.82. The summed E-state index contributed by atoms with van der Waals surface area (Å²) in [7, 11) is 1.62. The van der Waals surface area contributed by atoms with E-state index in [4.69, 9.17) is 10.5 Å². The standard InChI is InChI=1S/C15H14N4O/c1-20-14-8-13(9-17-10-14)19-7-6-18-15(19)11-2-4-12(16)5-3-11/h2-10H,16H2,1H3. The van der Waals surface area contributed by atoms with Crippen molar-refractivity contribution in [2.75, 3.05) is 12.8 Å². The highest BCUT2D eigenvalue weighted by atomic mass is 16.5. The van der Waals surface area contributed by atoms with E-state index in [0.717, 1.165) is 22.8 Å². The smallest absolute Gasteiger partial charge is 0.144 e. The molecule has 0 aliphatic rings. The first kappa shape index (κ1) is 12.2. The highest BCUT2D eigenvalue weighted by molar-refractivity contribution is 5.61. The van der Waals surface area contributed by atoms with Crippen molar-refractivity contribution in [3.05, 3.63) is 55.1 Å². The molecule has 0 fully saturated rings. The molecule has 3 rings (SSSR count). The number of nitrogens with zero attached hydrogens (tertiary/aromatic N) is 3. The predicted molar refractivity (Wildman–Crippen MR) is 77.8 cm³/mol. The number of anilines is 1. The van der Waals surface area contributed by atoms with E-state index in [0.29, 0.717) is 5.75 Å². The quantitative estimate of drug-likeness (QED) is 0.740. The van der Waals surface area contributed by atoms with Crippen molar-refractivity contribution in [1.29, 1.82) is 0 Å². The fourth-order valence-corrected chi connectivity index (χ4v) is 2.01. The van der Waals surface area contributed by atoms with Gasteiger partial charge in [0.05, 0.1) is 25.2 Å². The van der Waals surface area contributed by atoms with Gasteiger partial charge >= 0.3 is 0 Å². The number of rotatable bonds is 3. The van der Waals surface area contributed by atoms with E-state index in [2.05, 4.69) is 9.97 Å². The average Bonchev–Trinajstić information content (AvgIpc) is 2.97. The monoisotopic (exact) mass is 266 g/mol. The van der Waals surface area contributed by atoms with Crippen molar-refractivity contribution < 1.29 is 4.74 Å². The number of methoxy groups -OCH3 is 1. The molecule has 0 aliphatic carbocycles. The second-order valence-corrected chi connectivity index (χ2v) is 4.33. The highest BCUT2D eigenvalue weighted by Crippen LogP contribution is 2.23. The molecule has 0 bridgehead atoms. The number of pyridine rings is 1. The van der Waals surface area contributed by atoms with Crippen molar-refractivity contribution >= 4 is 5.69 Å². The first-order chi connectivity index (χ1) is 9.78. The lowest BCUT2D eigenvalue weighted by Gasteiger charge is -2.09. The molecule has 0 radical (unpaired) electrons. The number of hydrogen-bond donors (Lipinski definition) is 1. The lowest BCUT2D eigenvalue weighted by atomic mass is 10.2. The minimum absolute atomic E-state index is 0.708. The fraction of sp³-hybridized carbons (Fsp3) is 0.0667. The van der Waals surface area contributed by atoms with E-state index in [1.165, 1.54) is 0 Å². The summed E-state index contributed by atoms with van der Waals surface area (Å²) in [4.78, 5) is 8.57. The molecule has 0 atom stereocenters. The van der Waals surface area contributed by atoms with E-state index in [-0.39, 0.29) is 0 Å². The molecule has 2 heterocycles. The van der Waals surface area contributed by atoms with Gasteiger partial charge in [-0.3, -0.25) is 9.55 Å². The van der Waals surface area contributed by atoms with E-state index < -0.39 is 0 Å². The molecule has 20 heavy (non-hydrogen) atoms. The first-order valence-electron chi connectivity index (χ1n) is 6.16. The third-order valence-corrected chi connectivity index (χ3v) is 3.02. The van der Waals surface area contributed by atoms with Crippen LogP contribution in [0.5, 0.6) is 5.75 Å². The summed E-state index contributed by atoms with van der Waals surface area (Å²) < 4.78 is 7.16. The second-order valence-electron chi connectivity index (χ2n) is 4.33. The Morgan fingerprint density at radius 2 is 1.95 bits per heavy atom. The van der Waals surface area contributed by atoms with E-state index in [1.807, 2.05) is 41.1 Å². The van der Waals surface area contributed by atoms with Crippen LogP contribution in [0.2, 0.25) is 0 Å². The summed E-state index contributed by atoms with van der Waals surface area (Å²) in [5.41, 5.74) is 8.33. The van der Waals surface area contributed by atoms with Crippen molar-refractivity contribution in [3.63, 3.8) is 0 Å². The summed E-state index contributed by atoms with van der Waals surface area (Å²) in [6, 6.07) is 9.52. The Morgan fingerprint density at radius 1 is 1.15 bits per heavy atom. The lowest BCUT2D eigenvalue weighted by Crippen LogP contribution is -1.98. The van der Waals surface area contributed by atoms with Crippen LogP contribution in [0, 0.1) is 0 Å². The Labute approximate surface area is 116 Å². The topological polar surface area (TPSA) is 66.0 Å². The fourth-order valence-electron chi connectivity index (χ4n) is 2.01. The Morgan fingerprint density at radius 3 is 2.70 bits per heavy atom. The molecule has 100 valence electrons. The number of nitrogen functional groups attached to an aromatic ring is 1. The zero-order chi connectivity index (χ0) is 13.9. The molecular formula is C15H14N4O. The van der Waals surface area contributed by atoms with Crippen LogP contribution in [-0.4, -0.2) is 21.6 Å². The molecule has 0 saturated heterocycles. The minimum atomic E-state index is 0.708. The third kappa shape index (κ3) is 2.21. The van der Waals surface area contributed by atoms with Crippen LogP contribution in [0.4, 0.5) is 5.69 Å². The predicted octanol–water partition coefficient (Wildman–Crippen LogP) is 2.53. The number of benzene rings is 1. The Kier molecular flexibility index (Phi) is 3.09. The largest absolute Gasteiger partial charge is 0.495 e. The lowest BCUT2D eigenvalue weighted by molar-refractivity contribution is 0.412. The summed E-state index contributed by atoms with van der Waals surface area (Å²) in [6.45, 7) is 0. The molecule has 0 unspecified atom stereocenters. The van der Waals surface area contributed by atoms with Gasteiger partial charge in [0, 0.05) is 29.7 Å². The van der Waals surface area contributed by atoms with Crippen molar-refractivity contribution in [3.8, 4) is 22.8 Å². The van der Waals surface area contributed by atoms with Crippen LogP contribution in [0.15, 0.2) is 55.1 Å². The first-order valence-corrected chi connectivity index (χ1v) is 6.16. The molecule has 2 aromatic heterocycles. The molecule has 0 saturated carbocycles. The van der Waals surface area contributed by atoms with Gasteiger partial charge in [-0.15, -0.1) is 0 Å². The second kappa shape index (κ2) is 5.05. The third-order valence-electron chi connectivity index (χ3n) is 3.02. The number of nitrogens with two attached hydrogens (primary N) is 1. The number of ether oxygens (including phenoxy) is 1. The van der Waals surface area contributed by atoms with Gasteiger partial charge in [0.1, 0.15) is 11.6 Å². The molecule has 3 aromatic rings. The maximum atomic E-state index is 5.71. The van der Waals surface area contributed by atoms with Crippen LogP contribution >= 0.6 is 0 Å². The Balaban J connectivity index is 2.07. The maximum absolute atomic E-state index is 5.71. The summed E-state index contributed by atoms with van der Waals surface area (Å²) >= 11 is 0. The Bertz CT molecular complexity index is 719. The number of hydrogen-bond acceptors (Lipinski definition) is 4.